The van der Waals surface area contributed by atoms with E-state index in [0.717, 1.165) is 16.9 Å². The summed E-state index contributed by atoms with van der Waals surface area (Å²) in [6.07, 6.45) is 1.47. The van der Waals surface area contributed by atoms with Gasteiger partial charge in [0.1, 0.15) is 12.0 Å². The van der Waals surface area contributed by atoms with E-state index in [2.05, 4.69) is 46.6 Å². The zero-order chi connectivity index (χ0) is 18.0. The quantitative estimate of drug-likeness (QED) is 0.606. The molecule has 3 aromatic rings. The number of nitrogens with two attached hydrogens (primary N) is 1. The molecule has 6 heteroatoms. The second-order valence-electron chi connectivity index (χ2n) is 6.00. The summed E-state index contributed by atoms with van der Waals surface area (Å²) in [5.41, 5.74) is 11.9. The molecule has 1 aromatic heterocycles. The van der Waals surface area contributed by atoms with Gasteiger partial charge in [-0.05, 0) is 61.7 Å². The topological polar surface area (TPSA) is 75.9 Å². The molecule has 0 aliphatic heterocycles. The number of nitrogens with zero attached hydrogens (tertiary/aromatic N) is 2. The summed E-state index contributed by atoms with van der Waals surface area (Å²) in [7, 11) is 0. The Bertz CT molecular complexity index is 852. The van der Waals surface area contributed by atoms with E-state index in [9.17, 15) is 0 Å². The second-order valence-corrected chi connectivity index (χ2v) is 6.40. The minimum absolute atomic E-state index is 0.442. The molecule has 0 saturated carbocycles. The van der Waals surface area contributed by atoms with Crippen LogP contribution in [-0.4, -0.2) is 9.97 Å². The van der Waals surface area contributed by atoms with Crippen molar-refractivity contribution in [1.82, 2.24) is 9.97 Å². The van der Waals surface area contributed by atoms with Gasteiger partial charge in [0.05, 0.1) is 0 Å². The molecular formula is C19H20ClN5. The zero-order valence-electron chi connectivity index (χ0n) is 14.4. The van der Waals surface area contributed by atoms with Crippen LogP contribution in [0.5, 0.6) is 0 Å². The Labute approximate surface area is 152 Å². The number of nitrogen functional groups attached to an aromatic ring is 1. The number of halogens is 1. The van der Waals surface area contributed by atoms with E-state index in [1.165, 1.54) is 17.5 Å². The van der Waals surface area contributed by atoms with E-state index >= 15 is 0 Å². The van der Waals surface area contributed by atoms with Gasteiger partial charge in [-0.2, -0.15) is 0 Å². The van der Waals surface area contributed by atoms with Crippen LogP contribution in [0.3, 0.4) is 0 Å². The predicted molar refractivity (Wildman–Crippen MR) is 105 cm³/mol. The van der Waals surface area contributed by atoms with Gasteiger partial charge in [0.2, 0.25) is 0 Å². The molecule has 0 aliphatic carbocycles. The summed E-state index contributed by atoms with van der Waals surface area (Å²) in [4.78, 5) is 8.48. The van der Waals surface area contributed by atoms with E-state index in [-0.39, 0.29) is 0 Å². The normalized spacial score (nSPS) is 10.6. The Morgan fingerprint density at radius 1 is 0.800 bits per heavy atom. The predicted octanol–water partition coefficient (Wildman–Crippen LogP) is 5.12. The second kappa shape index (κ2) is 6.99. The van der Waals surface area contributed by atoms with Crippen molar-refractivity contribution in [3.63, 3.8) is 0 Å². The first-order valence-corrected chi connectivity index (χ1v) is 8.30. The summed E-state index contributed by atoms with van der Waals surface area (Å²) < 4.78 is 0. The number of anilines is 5. The Balaban J connectivity index is 1.86. The highest BCUT2D eigenvalue weighted by Crippen LogP contribution is 2.30. The van der Waals surface area contributed by atoms with Crippen LogP contribution in [0.4, 0.5) is 28.7 Å². The summed E-state index contributed by atoms with van der Waals surface area (Å²) in [6, 6.07) is 11.8. The third-order valence-corrected chi connectivity index (χ3v) is 4.50. The molecule has 0 aliphatic rings. The van der Waals surface area contributed by atoms with Gasteiger partial charge in [0.15, 0.2) is 11.6 Å². The molecule has 4 N–H and O–H groups in total. The number of benzene rings is 2. The van der Waals surface area contributed by atoms with Gasteiger partial charge in [-0.25, -0.2) is 9.97 Å². The van der Waals surface area contributed by atoms with Gasteiger partial charge >= 0.3 is 0 Å². The third-order valence-electron chi connectivity index (χ3n) is 4.09. The van der Waals surface area contributed by atoms with Gasteiger partial charge < -0.3 is 16.4 Å². The average molecular weight is 354 g/mol. The molecule has 0 fully saturated rings. The molecule has 1 heterocycles. The monoisotopic (exact) mass is 353 g/mol. The maximum absolute atomic E-state index is 6.23. The van der Waals surface area contributed by atoms with Crippen molar-refractivity contribution in [2.24, 2.45) is 0 Å². The first-order chi connectivity index (χ1) is 11.9. The number of hydrogen-bond donors (Lipinski definition) is 3. The van der Waals surface area contributed by atoms with Crippen LogP contribution in [0, 0.1) is 20.8 Å². The van der Waals surface area contributed by atoms with Crippen LogP contribution in [-0.2, 0) is 0 Å². The van der Waals surface area contributed by atoms with Gasteiger partial charge in [-0.1, -0.05) is 23.7 Å². The maximum Gasteiger partial charge on any atom is 0.159 e. The lowest BCUT2D eigenvalue weighted by atomic mass is 10.1. The highest BCUT2D eigenvalue weighted by atomic mass is 35.5. The Kier molecular flexibility index (Phi) is 4.76. The molecule has 0 saturated heterocycles. The average Bonchev–Trinajstić information content (AvgIpc) is 2.58. The number of nitrogens with one attached hydrogen (secondary N) is 2. The van der Waals surface area contributed by atoms with Gasteiger partial charge in [0, 0.05) is 16.4 Å². The highest BCUT2D eigenvalue weighted by Gasteiger charge is 2.10. The Hall–Kier alpha value is -2.79. The van der Waals surface area contributed by atoms with Crippen LogP contribution < -0.4 is 16.4 Å². The summed E-state index contributed by atoms with van der Waals surface area (Å²) >= 11 is 6.17. The van der Waals surface area contributed by atoms with Crippen molar-refractivity contribution >= 4 is 40.3 Å². The lowest BCUT2D eigenvalue weighted by Gasteiger charge is -2.13. The number of rotatable bonds is 4. The largest absolute Gasteiger partial charge is 0.393 e. The van der Waals surface area contributed by atoms with E-state index in [1.54, 1.807) is 0 Å². The highest BCUT2D eigenvalue weighted by molar-refractivity contribution is 6.31. The molecule has 0 atom stereocenters. The molecule has 128 valence electrons. The first kappa shape index (κ1) is 17.0. The molecule has 3 rings (SSSR count). The van der Waals surface area contributed by atoms with Crippen molar-refractivity contribution in [2.75, 3.05) is 16.4 Å². The van der Waals surface area contributed by atoms with Crippen LogP contribution >= 0.6 is 11.6 Å². The Morgan fingerprint density at radius 2 is 1.36 bits per heavy atom. The fourth-order valence-electron chi connectivity index (χ4n) is 2.36. The molecule has 0 unspecified atom stereocenters. The molecule has 0 amide bonds. The summed E-state index contributed by atoms with van der Waals surface area (Å²) in [5.74, 6) is 1.08. The fraction of sp³-hybridized carbons (Fsp3) is 0.158. The Morgan fingerprint density at radius 3 is 1.92 bits per heavy atom. The summed E-state index contributed by atoms with van der Waals surface area (Å²) in [6.45, 7) is 6.10. The molecule has 25 heavy (non-hydrogen) atoms. The van der Waals surface area contributed by atoms with E-state index < -0.39 is 0 Å². The van der Waals surface area contributed by atoms with Gasteiger partial charge in [0.25, 0.3) is 0 Å². The van der Waals surface area contributed by atoms with Crippen LogP contribution in [0.25, 0.3) is 0 Å². The van der Waals surface area contributed by atoms with Crippen molar-refractivity contribution in [1.29, 1.82) is 0 Å². The third kappa shape index (κ3) is 3.83. The fourth-order valence-corrected chi connectivity index (χ4v) is 2.54. The van der Waals surface area contributed by atoms with Crippen molar-refractivity contribution < 1.29 is 0 Å². The van der Waals surface area contributed by atoms with Gasteiger partial charge in [-0.15, -0.1) is 0 Å². The van der Waals surface area contributed by atoms with E-state index in [1.807, 2.05) is 31.2 Å². The maximum atomic E-state index is 6.23. The molecular weight excluding hydrogens is 334 g/mol. The molecule has 5 nitrogen and oxygen atoms in total. The van der Waals surface area contributed by atoms with Crippen LogP contribution in [0.2, 0.25) is 5.02 Å². The number of aryl methyl sites for hydroxylation is 3. The molecule has 2 aromatic carbocycles. The van der Waals surface area contributed by atoms with Crippen LogP contribution in [0.15, 0.2) is 42.7 Å². The summed E-state index contributed by atoms with van der Waals surface area (Å²) in [5, 5.41) is 7.12. The number of hydrogen-bond acceptors (Lipinski definition) is 5. The minimum atomic E-state index is 0.442. The lowest BCUT2D eigenvalue weighted by molar-refractivity contribution is 1.17. The van der Waals surface area contributed by atoms with E-state index in [4.69, 9.17) is 17.3 Å². The van der Waals surface area contributed by atoms with Gasteiger partial charge in [-0.3, -0.25) is 0 Å². The van der Waals surface area contributed by atoms with Crippen molar-refractivity contribution in [2.45, 2.75) is 20.8 Å². The molecule has 0 spiro atoms. The van der Waals surface area contributed by atoms with Crippen LogP contribution in [0.1, 0.15) is 16.7 Å². The minimum Gasteiger partial charge on any atom is -0.393 e. The van der Waals surface area contributed by atoms with E-state index in [0.29, 0.717) is 22.3 Å². The number of aromatic nitrogens is 2. The first-order valence-electron chi connectivity index (χ1n) is 7.92. The molecule has 0 radical (unpaired) electrons. The molecule has 0 bridgehead atoms. The zero-order valence-corrected chi connectivity index (χ0v) is 15.1. The SMILES string of the molecule is Cc1ccc(Nc2ncnc(Nc3ccc(C)c(Cl)c3)c2N)cc1C. The van der Waals surface area contributed by atoms with Crippen molar-refractivity contribution in [3.8, 4) is 0 Å². The standard InChI is InChI=1S/C19H20ClN5/c1-11-4-6-14(8-13(11)3)24-18-17(21)19(23-10-22-18)25-15-7-5-12(2)16(20)9-15/h4-10H,21H2,1-3H3,(H2,22,23,24,25). The lowest BCUT2D eigenvalue weighted by Crippen LogP contribution is -2.05. The smallest absolute Gasteiger partial charge is 0.159 e. The van der Waals surface area contributed by atoms with Crippen molar-refractivity contribution in [3.05, 3.63) is 64.4 Å².